The van der Waals surface area contributed by atoms with Gasteiger partial charge in [-0.05, 0) is 38.5 Å². The Morgan fingerprint density at radius 2 is 2.16 bits per heavy atom. The van der Waals surface area contributed by atoms with Crippen LogP contribution in [0, 0.1) is 0 Å². The van der Waals surface area contributed by atoms with E-state index in [2.05, 4.69) is 26.1 Å². The predicted molar refractivity (Wildman–Crippen MR) is 81.2 cm³/mol. The van der Waals surface area contributed by atoms with Crippen LogP contribution in [0.25, 0.3) is 0 Å². The van der Waals surface area contributed by atoms with Crippen molar-refractivity contribution < 1.29 is 4.79 Å². The molecule has 0 aliphatic carbocycles. The molecule has 1 fully saturated rings. The fraction of sp³-hybridized carbons (Fsp3) is 0.500. The van der Waals surface area contributed by atoms with Crippen molar-refractivity contribution in [3.05, 3.63) is 28.2 Å². The molecule has 0 bridgehead atoms. The third kappa shape index (κ3) is 2.62. The van der Waals surface area contributed by atoms with Gasteiger partial charge in [0.25, 0.3) is 0 Å². The molecular formula is C14H20BrN3O. The van der Waals surface area contributed by atoms with E-state index in [1.54, 1.807) is 0 Å². The summed E-state index contributed by atoms with van der Waals surface area (Å²) in [6.45, 7) is 7.32. The maximum Gasteiger partial charge on any atom is 0.245 e. The molecule has 3 N–H and O–H groups in total. The Balaban J connectivity index is 2.36. The van der Waals surface area contributed by atoms with Gasteiger partial charge in [0.2, 0.25) is 5.91 Å². The molecule has 0 unspecified atom stereocenters. The summed E-state index contributed by atoms with van der Waals surface area (Å²) in [6.07, 6.45) is 0. The number of rotatable bonds is 2. The molecule has 1 atom stereocenters. The van der Waals surface area contributed by atoms with E-state index in [-0.39, 0.29) is 11.9 Å². The van der Waals surface area contributed by atoms with Crippen LogP contribution in [0.3, 0.4) is 0 Å². The highest BCUT2D eigenvalue weighted by Crippen LogP contribution is 2.31. The molecule has 104 valence electrons. The molecule has 4 nitrogen and oxygen atoms in total. The third-order valence-electron chi connectivity index (χ3n) is 3.64. The summed E-state index contributed by atoms with van der Waals surface area (Å²) >= 11 is 3.56. The van der Waals surface area contributed by atoms with Crippen molar-refractivity contribution in [2.24, 2.45) is 5.73 Å². The Bertz CT molecular complexity index is 499. The van der Waals surface area contributed by atoms with E-state index >= 15 is 0 Å². The summed E-state index contributed by atoms with van der Waals surface area (Å²) in [6, 6.07) is 6.08. The maximum absolute atomic E-state index is 12.0. The molecule has 0 radical (unpaired) electrons. The predicted octanol–water partition coefficient (Wildman–Crippen LogP) is 2.18. The van der Waals surface area contributed by atoms with Gasteiger partial charge in [0.15, 0.2) is 0 Å². The number of carbonyl (C=O) groups is 1. The normalized spacial score (nSPS) is 20.1. The number of amides is 1. The van der Waals surface area contributed by atoms with Gasteiger partial charge in [-0.15, -0.1) is 0 Å². The second-order valence-corrected chi connectivity index (χ2v) is 6.32. The number of nitrogens with one attached hydrogen (secondary N) is 1. The summed E-state index contributed by atoms with van der Waals surface area (Å²) in [7, 11) is 0. The lowest BCUT2D eigenvalue weighted by atomic mass is 9.97. The van der Waals surface area contributed by atoms with Crippen molar-refractivity contribution in [1.29, 1.82) is 0 Å². The molecule has 1 aromatic carbocycles. The van der Waals surface area contributed by atoms with Crippen LogP contribution in [-0.4, -0.2) is 24.5 Å². The minimum absolute atomic E-state index is 0.0129. The van der Waals surface area contributed by atoms with Gasteiger partial charge in [0.05, 0.1) is 0 Å². The van der Waals surface area contributed by atoms with Crippen LogP contribution in [0.2, 0.25) is 0 Å². The van der Waals surface area contributed by atoms with Crippen LogP contribution in [0.1, 0.15) is 32.4 Å². The first-order valence-corrected chi connectivity index (χ1v) is 7.24. The molecule has 1 heterocycles. The SMILES string of the molecule is C[C@H](N)c1ccc(N2CCNC(=O)C2(C)C)cc1Br. The number of halogens is 1. The molecule has 1 saturated heterocycles. The Morgan fingerprint density at radius 1 is 1.47 bits per heavy atom. The van der Waals surface area contributed by atoms with Crippen LogP contribution in [-0.2, 0) is 4.79 Å². The van der Waals surface area contributed by atoms with Crippen molar-refractivity contribution in [1.82, 2.24) is 5.32 Å². The number of hydrogen-bond donors (Lipinski definition) is 2. The standard InChI is InChI=1S/C14H20BrN3O/c1-9(16)11-5-4-10(8-12(11)15)18-7-6-17-13(19)14(18,2)3/h4-5,8-9H,6-7,16H2,1-3H3,(H,17,19)/t9-/m0/s1. The van der Waals surface area contributed by atoms with E-state index < -0.39 is 5.54 Å². The van der Waals surface area contributed by atoms with Crippen LogP contribution < -0.4 is 16.0 Å². The highest BCUT2D eigenvalue weighted by molar-refractivity contribution is 9.10. The lowest BCUT2D eigenvalue weighted by Crippen LogP contribution is -2.62. The summed E-state index contributed by atoms with van der Waals surface area (Å²) in [5, 5.41) is 2.90. The molecule has 2 rings (SSSR count). The number of benzene rings is 1. The monoisotopic (exact) mass is 325 g/mol. The Kier molecular flexibility index (Phi) is 3.87. The lowest BCUT2D eigenvalue weighted by Gasteiger charge is -2.43. The quantitative estimate of drug-likeness (QED) is 0.876. The van der Waals surface area contributed by atoms with E-state index in [4.69, 9.17) is 5.73 Å². The van der Waals surface area contributed by atoms with E-state index in [1.165, 1.54) is 0 Å². The first-order chi connectivity index (χ1) is 8.84. The van der Waals surface area contributed by atoms with Crippen LogP contribution in [0.15, 0.2) is 22.7 Å². The summed E-state index contributed by atoms with van der Waals surface area (Å²) in [5.74, 6) is 0.0612. The van der Waals surface area contributed by atoms with E-state index in [1.807, 2.05) is 39.0 Å². The molecule has 1 aliphatic heterocycles. The minimum atomic E-state index is -0.534. The van der Waals surface area contributed by atoms with Crippen LogP contribution in [0.4, 0.5) is 5.69 Å². The van der Waals surface area contributed by atoms with Gasteiger partial charge in [0.1, 0.15) is 5.54 Å². The Labute approximate surface area is 122 Å². The highest BCUT2D eigenvalue weighted by Gasteiger charge is 2.37. The Hall–Kier alpha value is -1.07. The summed E-state index contributed by atoms with van der Waals surface area (Å²) in [5.41, 5.74) is 7.49. The van der Waals surface area contributed by atoms with Crippen molar-refractivity contribution in [2.75, 3.05) is 18.0 Å². The molecule has 1 amide bonds. The molecule has 0 spiro atoms. The molecule has 0 saturated carbocycles. The molecule has 1 aliphatic rings. The number of hydrogen-bond acceptors (Lipinski definition) is 3. The van der Waals surface area contributed by atoms with Gasteiger partial charge in [-0.1, -0.05) is 22.0 Å². The Morgan fingerprint density at radius 3 is 2.74 bits per heavy atom. The number of piperazine rings is 1. The zero-order chi connectivity index (χ0) is 14.2. The molecular weight excluding hydrogens is 306 g/mol. The van der Waals surface area contributed by atoms with Crippen molar-refractivity contribution in [3.63, 3.8) is 0 Å². The number of carbonyl (C=O) groups excluding carboxylic acids is 1. The number of anilines is 1. The van der Waals surface area contributed by atoms with Gasteiger partial charge >= 0.3 is 0 Å². The van der Waals surface area contributed by atoms with Crippen molar-refractivity contribution in [2.45, 2.75) is 32.4 Å². The van der Waals surface area contributed by atoms with Crippen LogP contribution >= 0.6 is 15.9 Å². The van der Waals surface area contributed by atoms with Gasteiger partial charge < -0.3 is 16.0 Å². The fourth-order valence-corrected chi connectivity index (χ4v) is 3.13. The smallest absolute Gasteiger partial charge is 0.245 e. The lowest BCUT2D eigenvalue weighted by molar-refractivity contribution is -0.126. The van der Waals surface area contributed by atoms with Crippen LogP contribution in [0.5, 0.6) is 0 Å². The molecule has 1 aromatic rings. The third-order valence-corrected chi connectivity index (χ3v) is 4.32. The van der Waals surface area contributed by atoms with E-state index in [0.29, 0.717) is 6.54 Å². The zero-order valence-electron chi connectivity index (χ0n) is 11.5. The van der Waals surface area contributed by atoms with E-state index in [0.717, 1.165) is 22.3 Å². The topological polar surface area (TPSA) is 58.4 Å². The average molecular weight is 326 g/mol. The second kappa shape index (κ2) is 5.13. The van der Waals surface area contributed by atoms with Crippen molar-refractivity contribution >= 4 is 27.5 Å². The average Bonchev–Trinajstić information content (AvgIpc) is 2.32. The fourth-order valence-electron chi connectivity index (χ4n) is 2.40. The molecule has 0 aromatic heterocycles. The number of nitrogens with zero attached hydrogens (tertiary/aromatic N) is 1. The van der Waals surface area contributed by atoms with E-state index in [9.17, 15) is 4.79 Å². The highest BCUT2D eigenvalue weighted by atomic mass is 79.9. The second-order valence-electron chi connectivity index (χ2n) is 5.46. The summed E-state index contributed by atoms with van der Waals surface area (Å²) < 4.78 is 0.988. The van der Waals surface area contributed by atoms with Gasteiger partial charge in [-0.3, -0.25) is 4.79 Å². The maximum atomic E-state index is 12.0. The number of nitrogens with two attached hydrogens (primary N) is 1. The first kappa shape index (κ1) is 14.3. The largest absolute Gasteiger partial charge is 0.356 e. The molecule has 19 heavy (non-hydrogen) atoms. The van der Waals surface area contributed by atoms with Gasteiger partial charge in [-0.2, -0.15) is 0 Å². The summed E-state index contributed by atoms with van der Waals surface area (Å²) in [4.78, 5) is 14.1. The van der Waals surface area contributed by atoms with Gasteiger partial charge in [-0.25, -0.2) is 0 Å². The zero-order valence-corrected chi connectivity index (χ0v) is 13.1. The van der Waals surface area contributed by atoms with Gasteiger partial charge in [0, 0.05) is 29.3 Å². The first-order valence-electron chi connectivity index (χ1n) is 6.45. The minimum Gasteiger partial charge on any atom is -0.356 e. The molecule has 5 heteroatoms. The van der Waals surface area contributed by atoms with Crippen molar-refractivity contribution in [3.8, 4) is 0 Å².